The summed E-state index contributed by atoms with van der Waals surface area (Å²) in [5, 5.41) is 13.9. The molecule has 9 nitrogen and oxygen atoms in total. The van der Waals surface area contributed by atoms with Crippen LogP contribution in [0.1, 0.15) is 5.56 Å². The molecule has 0 saturated carbocycles. The molecule has 0 aliphatic carbocycles. The normalized spacial score (nSPS) is 11.2. The summed E-state index contributed by atoms with van der Waals surface area (Å²) in [6, 6.07) is 109. The van der Waals surface area contributed by atoms with Crippen molar-refractivity contribution < 1.29 is 0 Å². The van der Waals surface area contributed by atoms with Crippen LogP contribution in [0.25, 0.3) is 168 Å². The molecule has 9 heteroatoms. The van der Waals surface area contributed by atoms with Gasteiger partial charge in [-0.3, -0.25) is 0 Å². The number of nitrogens with zero attached hydrogens (tertiary/aromatic N) is 9. The van der Waals surface area contributed by atoms with Crippen LogP contribution < -0.4 is 0 Å². The Kier molecular flexibility index (Phi) is 14.8. The summed E-state index contributed by atoms with van der Waals surface area (Å²) in [6.07, 6.45) is 3.54. The van der Waals surface area contributed by atoms with Gasteiger partial charge in [-0.25, -0.2) is 39.9 Å². The van der Waals surface area contributed by atoms with Crippen molar-refractivity contribution in [3.8, 4) is 153 Å². The highest BCUT2D eigenvalue weighted by molar-refractivity contribution is 6.07. The third kappa shape index (κ3) is 11.2. The van der Waals surface area contributed by atoms with Gasteiger partial charge in [0.2, 0.25) is 0 Å². The smallest absolute Gasteiger partial charge is 0.164 e. The first-order chi connectivity index (χ1) is 46.5. The van der Waals surface area contributed by atoms with Crippen molar-refractivity contribution in [3.05, 3.63) is 327 Å². The number of fused-ring (bicyclic) bond motifs is 2. The predicted octanol–water partition coefficient (Wildman–Crippen LogP) is 20.7. The van der Waals surface area contributed by atoms with Gasteiger partial charge in [-0.1, -0.05) is 285 Å². The van der Waals surface area contributed by atoms with Crippen LogP contribution in [0.5, 0.6) is 0 Å². The minimum atomic E-state index is 0.574. The van der Waals surface area contributed by atoms with E-state index in [0.717, 1.165) is 116 Å². The lowest BCUT2D eigenvalue weighted by Gasteiger charge is -2.16. The average molecular weight is 1200 g/mol. The highest BCUT2D eigenvalue weighted by atomic mass is 15.0. The monoisotopic (exact) mass is 1200 g/mol. The summed E-state index contributed by atoms with van der Waals surface area (Å²) in [6.45, 7) is 0. The van der Waals surface area contributed by atoms with Crippen LogP contribution in [0.2, 0.25) is 0 Å². The summed E-state index contributed by atoms with van der Waals surface area (Å²) >= 11 is 0. The summed E-state index contributed by atoms with van der Waals surface area (Å²) in [5.41, 5.74) is 20.0. The van der Waals surface area contributed by atoms with Gasteiger partial charge in [-0.15, -0.1) is 0 Å². The fraction of sp³-hybridized carbons (Fsp3) is 0. The zero-order valence-corrected chi connectivity index (χ0v) is 50.6. The molecule has 0 unspecified atom stereocenters. The van der Waals surface area contributed by atoms with Gasteiger partial charge in [-0.05, 0) is 113 Å². The Morgan fingerprint density at radius 3 is 0.936 bits per heavy atom. The Labute approximate surface area is 543 Å². The van der Waals surface area contributed by atoms with Crippen molar-refractivity contribution in [3.63, 3.8) is 0 Å². The fourth-order valence-corrected chi connectivity index (χ4v) is 12.4. The zero-order valence-electron chi connectivity index (χ0n) is 50.6. The first kappa shape index (κ1) is 56.2. The van der Waals surface area contributed by atoms with Crippen LogP contribution in [-0.2, 0) is 0 Å². The predicted molar refractivity (Wildman–Crippen MR) is 379 cm³/mol. The lowest BCUT2D eigenvalue weighted by molar-refractivity contribution is 1.07. The molecule has 0 fully saturated rings. The van der Waals surface area contributed by atoms with E-state index in [1.54, 1.807) is 12.4 Å². The number of rotatable bonds is 13. The molecule has 3 aromatic heterocycles. The molecule has 0 saturated heterocycles. The number of benzene rings is 13. The van der Waals surface area contributed by atoms with E-state index in [1.165, 1.54) is 10.8 Å². The molecule has 0 amide bonds. The van der Waals surface area contributed by atoms with E-state index in [1.807, 2.05) is 121 Å². The molecule has 0 aliphatic rings. The summed E-state index contributed by atoms with van der Waals surface area (Å²) in [7, 11) is 0. The SMILES string of the molecule is N#Cc1ccc(-c2ccc(-c3c(-c4ccc(-c5nc(-c6ccccc6)nc(-c6ccc(-c7ccc8ccc(-c9ccc(-c%10nc(-c%11ccccc%11)nc(-c%11ccccc%11)n%10)cc9)c(-c9ccc(-c%10ncccn%10)cc9)c8c7)cc6)n5)cc4)ccc4ccccc34)cc2)cc1. The second-order valence-electron chi connectivity index (χ2n) is 23.0. The first-order valence-corrected chi connectivity index (χ1v) is 31.1. The molecule has 0 radical (unpaired) electrons. The van der Waals surface area contributed by atoms with Crippen molar-refractivity contribution in [2.45, 2.75) is 0 Å². The molecule has 16 rings (SSSR count). The standard InChI is InChI=1S/C85H53N9/c86-54-55-21-23-56(24-22-55)57-25-34-63(35-26-57)77-73-20-11-10-13-59(73)47-49-74(77)60-29-40-71(41-30-60)85-93-82(67-18-8-3-9-19-67)92-83(94-85)69-38-27-58(28-39-69)72-46-33-62-48-50-75(78(76(62)53-72)64-36-44-68(45-37-64)79-87-51-12-52-88-79)61-31-42-70(43-32-61)84-90-80(65-14-4-1-5-15-65)89-81(91-84)66-16-6-2-7-17-66/h1-53H. The molecule has 16 aromatic rings. The van der Waals surface area contributed by atoms with Gasteiger partial charge in [0.25, 0.3) is 0 Å². The summed E-state index contributed by atoms with van der Waals surface area (Å²) in [4.78, 5) is 39.5. The average Bonchev–Trinajstić information content (AvgIpc) is 0.833. The van der Waals surface area contributed by atoms with Gasteiger partial charge in [-0.2, -0.15) is 5.26 Å². The van der Waals surface area contributed by atoms with Gasteiger partial charge >= 0.3 is 0 Å². The molecule has 438 valence electrons. The van der Waals surface area contributed by atoms with Crippen LogP contribution in [0, 0.1) is 11.3 Å². The Morgan fingerprint density at radius 2 is 0.511 bits per heavy atom. The second-order valence-corrected chi connectivity index (χ2v) is 23.0. The fourth-order valence-electron chi connectivity index (χ4n) is 12.4. The van der Waals surface area contributed by atoms with Crippen LogP contribution in [0.4, 0.5) is 0 Å². The lowest BCUT2D eigenvalue weighted by Crippen LogP contribution is -2.00. The first-order valence-electron chi connectivity index (χ1n) is 31.1. The molecular formula is C85H53N9. The van der Waals surface area contributed by atoms with Crippen LogP contribution in [-0.4, -0.2) is 39.9 Å². The van der Waals surface area contributed by atoms with Gasteiger partial charge in [0.1, 0.15) is 0 Å². The van der Waals surface area contributed by atoms with Crippen molar-refractivity contribution in [1.82, 2.24) is 39.9 Å². The van der Waals surface area contributed by atoms with E-state index in [0.29, 0.717) is 46.3 Å². The molecule has 0 N–H and O–H groups in total. The van der Waals surface area contributed by atoms with E-state index >= 15 is 0 Å². The zero-order chi connectivity index (χ0) is 62.7. The number of aromatic nitrogens is 8. The van der Waals surface area contributed by atoms with Crippen molar-refractivity contribution in [2.75, 3.05) is 0 Å². The highest BCUT2D eigenvalue weighted by Crippen LogP contribution is 2.43. The Morgan fingerprint density at radius 1 is 0.213 bits per heavy atom. The maximum atomic E-state index is 9.38. The second kappa shape index (κ2) is 24.7. The molecule has 3 heterocycles. The van der Waals surface area contributed by atoms with E-state index in [4.69, 9.17) is 29.9 Å². The van der Waals surface area contributed by atoms with Crippen molar-refractivity contribution in [1.29, 1.82) is 5.26 Å². The van der Waals surface area contributed by atoms with E-state index in [9.17, 15) is 5.26 Å². The number of hydrogen-bond acceptors (Lipinski definition) is 9. The third-order valence-corrected chi connectivity index (χ3v) is 17.2. The van der Waals surface area contributed by atoms with Crippen molar-refractivity contribution >= 4 is 21.5 Å². The van der Waals surface area contributed by atoms with E-state index in [2.05, 4.69) is 204 Å². The van der Waals surface area contributed by atoms with Crippen molar-refractivity contribution in [2.24, 2.45) is 0 Å². The summed E-state index contributed by atoms with van der Waals surface area (Å²) in [5.74, 6) is 4.24. The number of nitriles is 1. The molecule has 0 atom stereocenters. The molecule has 13 aromatic carbocycles. The third-order valence-electron chi connectivity index (χ3n) is 17.2. The van der Waals surface area contributed by atoms with Gasteiger partial charge in [0.15, 0.2) is 40.8 Å². The molecule has 0 aliphatic heterocycles. The largest absolute Gasteiger partial charge is 0.237 e. The Hall–Kier alpha value is -13.0. The van der Waals surface area contributed by atoms with Crippen LogP contribution >= 0.6 is 0 Å². The number of hydrogen-bond donors (Lipinski definition) is 0. The molecule has 0 bridgehead atoms. The van der Waals surface area contributed by atoms with E-state index < -0.39 is 0 Å². The minimum absolute atomic E-state index is 0.574. The minimum Gasteiger partial charge on any atom is -0.237 e. The van der Waals surface area contributed by atoms with Gasteiger partial charge < -0.3 is 0 Å². The topological polar surface area (TPSA) is 127 Å². The highest BCUT2D eigenvalue weighted by Gasteiger charge is 2.20. The molecular weight excluding hydrogens is 1150 g/mol. The molecule has 94 heavy (non-hydrogen) atoms. The quantitative estimate of drug-likeness (QED) is 0.111. The summed E-state index contributed by atoms with van der Waals surface area (Å²) < 4.78 is 0. The van der Waals surface area contributed by atoms with Gasteiger partial charge in [0, 0.05) is 51.3 Å². The Bertz CT molecular complexity index is 5420. The van der Waals surface area contributed by atoms with Gasteiger partial charge in [0.05, 0.1) is 11.6 Å². The van der Waals surface area contributed by atoms with Crippen LogP contribution in [0.15, 0.2) is 322 Å². The van der Waals surface area contributed by atoms with E-state index in [-0.39, 0.29) is 0 Å². The molecule has 0 spiro atoms. The maximum Gasteiger partial charge on any atom is 0.164 e. The maximum absolute atomic E-state index is 9.38. The Balaban J connectivity index is 0.741. The lowest BCUT2D eigenvalue weighted by atomic mass is 9.88. The van der Waals surface area contributed by atoms with Crippen LogP contribution in [0.3, 0.4) is 0 Å².